The first-order chi connectivity index (χ1) is 10.6. The highest BCUT2D eigenvalue weighted by Crippen LogP contribution is 2.18. The summed E-state index contributed by atoms with van der Waals surface area (Å²) in [6.07, 6.45) is 4.45. The van der Waals surface area contributed by atoms with Crippen LogP contribution in [-0.4, -0.2) is 37.0 Å². The van der Waals surface area contributed by atoms with Gasteiger partial charge in [0.05, 0.1) is 7.11 Å². The molecule has 0 N–H and O–H groups in total. The van der Waals surface area contributed by atoms with Crippen LogP contribution in [0, 0.1) is 0 Å². The molecule has 0 aliphatic carbocycles. The lowest BCUT2D eigenvalue weighted by Gasteiger charge is -2.16. The molecule has 22 heavy (non-hydrogen) atoms. The van der Waals surface area contributed by atoms with Crippen molar-refractivity contribution in [3.63, 3.8) is 0 Å². The molecule has 1 aliphatic heterocycles. The molecule has 2 rings (SSSR count). The Morgan fingerprint density at radius 3 is 2.68 bits per heavy atom. The van der Waals surface area contributed by atoms with Gasteiger partial charge in [-0.2, -0.15) is 0 Å². The van der Waals surface area contributed by atoms with Crippen LogP contribution in [0.2, 0.25) is 5.02 Å². The van der Waals surface area contributed by atoms with E-state index in [-0.39, 0.29) is 18.3 Å². The van der Waals surface area contributed by atoms with Crippen molar-refractivity contribution in [3.8, 4) is 0 Å². The van der Waals surface area contributed by atoms with Crippen LogP contribution in [0.3, 0.4) is 0 Å². The predicted octanol–water partition coefficient (Wildman–Crippen LogP) is 2.99. The fourth-order valence-corrected chi connectivity index (χ4v) is 2.59. The molecule has 0 saturated heterocycles. The normalized spacial score (nSPS) is 14.2. The Kier molecular flexibility index (Phi) is 6.01. The summed E-state index contributed by atoms with van der Waals surface area (Å²) in [5.74, 6) is -0.241. The molecule has 0 fully saturated rings. The van der Waals surface area contributed by atoms with Gasteiger partial charge in [-0.1, -0.05) is 29.8 Å². The van der Waals surface area contributed by atoms with E-state index in [0.717, 1.165) is 30.0 Å². The number of hydrogen-bond donors (Lipinski definition) is 0. The number of carbonyl (C=O) groups is 2. The number of hydrogen-bond acceptors (Lipinski definition) is 3. The van der Waals surface area contributed by atoms with E-state index in [0.29, 0.717) is 13.0 Å². The molecule has 0 radical (unpaired) electrons. The quantitative estimate of drug-likeness (QED) is 0.725. The maximum Gasteiger partial charge on any atom is 0.305 e. The molecule has 5 heteroatoms. The van der Waals surface area contributed by atoms with Gasteiger partial charge >= 0.3 is 5.97 Å². The third-order valence-electron chi connectivity index (χ3n) is 3.75. The summed E-state index contributed by atoms with van der Waals surface area (Å²) in [6, 6.07) is 7.77. The van der Waals surface area contributed by atoms with Crippen LogP contribution in [0.4, 0.5) is 0 Å². The second-order valence-electron chi connectivity index (χ2n) is 5.29. The van der Waals surface area contributed by atoms with Gasteiger partial charge < -0.3 is 9.64 Å². The van der Waals surface area contributed by atoms with E-state index >= 15 is 0 Å². The number of rotatable bonds is 7. The monoisotopic (exact) mass is 321 g/mol. The Hall–Kier alpha value is -1.81. The molecule has 0 spiro atoms. The molecule has 0 unspecified atom stereocenters. The van der Waals surface area contributed by atoms with Crippen molar-refractivity contribution in [2.75, 3.05) is 20.2 Å². The molecule has 0 saturated carbocycles. The number of benzene rings is 1. The fourth-order valence-electron chi connectivity index (χ4n) is 2.46. The summed E-state index contributed by atoms with van der Waals surface area (Å²) in [5, 5.41) is 0.734. The smallest absolute Gasteiger partial charge is 0.305 e. The SMILES string of the molecule is COC(=O)CCC1=CCN(CCCc2ccc(Cl)cc2)C1=O. The van der Waals surface area contributed by atoms with Crippen molar-refractivity contribution in [1.82, 2.24) is 4.90 Å². The molecule has 1 aliphatic rings. The van der Waals surface area contributed by atoms with Crippen LogP contribution in [0.5, 0.6) is 0 Å². The van der Waals surface area contributed by atoms with Crippen LogP contribution >= 0.6 is 11.6 Å². The van der Waals surface area contributed by atoms with Crippen molar-refractivity contribution < 1.29 is 14.3 Å². The zero-order chi connectivity index (χ0) is 15.9. The molecule has 1 amide bonds. The molecular formula is C17H20ClNO3. The summed E-state index contributed by atoms with van der Waals surface area (Å²) in [5.41, 5.74) is 1.94. The Morgan fingerprint density at radius 2 is 2.00 bits per heavy atom. The number of ether oxygens (including phenoxy) is 1. The first kappa shape index (κ1) is 16.6. The third-order valence-corrected chi connectivity index (χ3v) is 4.00. The molecule has 4 nitrogen and oxygen atoms in total. The van der Waals surface area contributed by atoms with Crippen LogP contribution in [-0.2, 0) is 20.7 Å². The van der Waals surface area contributed by atoms with E-state index in [9.17, 15) is 9.59 Å². The van der Waals surface area contributed by atoms with Gasteiger partial charge in [0, 0.05) is 30.1 Å². The van der Waals surface area contributed by atoms with Gasteiger partial charge in [0.2, 0.25) is 5.91 Å². The molecule has 1 aromatic rings. The first-order valence-electron chi connectivity index (χ1n) is 7.39. The van der Waals surface area contributed by atoms with E-state index in [1.165, 1.54) is 12.7 Å². The number of nitrogens with zero attached hydrogens (tertiary/aromatic N) is 1. The maximum atomic E-state index is 12.2. The Balaban J connectivity index is 1.73. The van der Waals surface area contributed by atoms with Crippen LogP contribution in [0.25, 0.3) is 0 Å². The van der Waals surface area contributed by atoms with Crippen molar-refractivity contribution in [2.45, 2.75) is 25.7 Å². The minimum atomic E-state index is -0.283. The summed E-state index contributed by atoms with van der Waals surface area (Å²) in [4.78, 5) is 25.1. The lowest BCUT2D eigenvalue weighted by Crippen LogP contribution is -2.28. The summed E-state index contributed by atoms with van der Waals surface area (Å²) < 4.78 is 4.59. The number of carbonyl (C=O) groups excluding carboxylic acids is 2. The summed E-state index contributed by atoms with van der Waals surface area (Å²) in [6.45, 7) is 1.36. The van der Waals surface area contributed by atoms with Crippen LogP contribution < -0.4 is 0 Å². The van der Waals surface area contributed by atoms with Gasteiger partial charge in [0.25, 0.3) is 0 Å². The molecule has 0 bridgehead atoms. The highest BCUT2D eigenvalue weighted by atomic mass is 35.5. The zero-order valence-electron chi connectivity index (χ0n) is 12.7. The standard InChI is InChI=1S/C17H20ClNO3/c1-22-16(20)9-6-14-10-12-19(17(14)21)11-2-3-13-4-7-15(18)8-5-13/h4-5,7-8,10H,2-3,6,9,11-12H2,1H3. The van der Waals surface area contributed by atoms with Crippen LogP contribution in [0.1, 0.15) is 24.8 Å². The lowest BCUT2D eigenvalue weighted by atomic mass is 10.1. The Labute approximate surface area is 135 Å². The average Bonchev–Trinajstić information content (AvgIpc) is 2.87. The van der Waals surface area contributed by atoms with Gasteiger partial charge in [0.15, 0.2) is 0 Å². The van der Waals surface area contributed by atoms with Gasteiger partial charge in [-0.25, -0.2) is 0 Å². The topological polar surface area (TPSA) is 46.6 Å². The molecule has 0 atom stereocenters. The largest absolute Gasteiger partial charge is 0.469 e. The third kappa shape index (κ3) is 4.60. The summed E-state index contributed by atoms with van der Waals surface area (Å²) >= 11 is 5.85. The molecule has 118 valence electrons. The van der Waals surface area contributed by atoms with E-state index in [2.05, 4.69) is 4.74 Å². The highest BCUT2D eigenvalue weighted by molar-refractivity contribution is 6.30. The van der Waals surface area contributed by atoms with E-state index < -0.39 is 0 Å². The minimum Gasteiger partial charge on any atom is -0.469 e. The second kappa shape index (κ2) is 7.99. The van der Waals surface area contributed by atoms with Gasteiger partial charge in [-0.05, 0) is 37.0 Å². The van der Waals surface area contributed by atoms with E-state index in [1.54, 1.807) is 0 Å². The number of methoxy groups -OCH3 is 1. The summed E-state index contributed by atoms with van der Waals surface area (Å²) in [7, 11) is 1.36. The van der Waals surface area contributed by atoms with Crippen molar-refractivity contribution in [1.29, 1.82) is 0 Å². The van der Waals surface area contributed by atoms with Crippen molar-refractivity contribution in [2.24, 2.45) is 0 Å². The predicted molar refractivity (Wildman–Crippen MR) is 85.7 cm³/mol. The van der Waals surface area contributed by atoms with Gasteiger partial charge in [-0.15, -0.1) is 0 Å². The highest BCUT2D eigenvalue weighted by Gasteiger charge is 2.23. The average molecular weight is 322 g/mol. The first-order valence-corrected chi connectivity index (χ1v) is 7.77. The van der Waals surface area contributed by atoms with Gasteiger partial charge in [-0.3, -0.25) is 9.59 Å². The number of aryl methyl sites for hydroxylation is 1. The molecule has 1 aromatic carbocycles. The lowest BCUT2D eigenvalue weighted by molar-refractivity contribution is -0.140. The zero-order valence-corrected chi connectivity index (χ0v) is 13.4. The van der Waals surface area contributed by atoms with Crippen molar-refractivity contribution in [3.05, 3.63) is 46.5 Å². The molecule has 1 heterocycles. The number of esters is 1. The second-order valence-corrected chi connectivity index (χ2v) is 5.72. The maximum absolute atomic E-state index is 12.2. The number of amides is 1. The Morgan fingerprint density at radius 1 is 1.27 bits per heavy atom. The van der Waals surface area contributed by atoms with Crippen molar-refractivity contribution >= 4 is 23.5 Å². The fraction of sp³-hybridized carbons (Fsp3) is 0.412. The molecular weight excluding hydrogens is 302 g/mol. The van der Waals surface area contributed by atoms with Crippen LogP contribution in [0.15, 0.2) is 35.9 Å². The number of halogens is 1. The minimum absolute atomic E-state index is 0.0417. The Bertz CT molecular complexity index is 566. The molecule has 0 aromatic heterocycles. The van der Waals surface area contributed by atoms with E-state index in [1.807, 2.05) is 35.2 Å². The van der Waals surface area contributed by atoms with E-state index in [4.69, 9.17) is 11.6 Å². The van der Waals surface area contributed by atoms with Gasteiger partial charge in [0.1, 0.15) is 0 Å².